The first kappa shape index (κ1) is 18.9. The Hall–Kier alpha value is -3.42. The zero-order valence-electron chi connectivity index (χ0n) is 13.8. The van der Waals surface area contributed by atoms with Gasteiger partial charge in [-0.3, -0.25) is 9.59 Å². The number of carbonyl (C=O) groups is 3. The molecule has 0 bridgehead atoms. The van der Waals surface area contributed by atoms with E-state index >= 15 is 0 Å². The van der Waals surface area contributed by atoms with Crippen LogP contribution in [0.3, 0.4) is 0 Å². The van der Waals surface area contributed by atoms with E-state index in [9.17, 15) is 18.8 Å². The number of furan rings is 1. The number of amides is 2. The molecule has 0 saturated heterocycles. The molecule has 0 unspecified atom stereocenters. The first-order valence-corrected chi connectivity index (χ1v) is 7.68. The summed E-state index contributed by atoms with van der Waals surface area (Å²) in [6.45, 7) is -0.558. The SMILES string of the molecule is NC(=O)CCN(C(=O)COC(=O)/C=C/c1ccco1)c1ccc(F)cc1. The number of rotatable bonds is 8. The van der Waals surface area contributed by atoms with Crippen LogP contribution in [-0.2, 0) is 19.1 Å². The van der Waals surface area contributed by atoms with Crippen LogP contribution in [0.5, 0.6) is 0 Å². The van der Waals surface area contributed by atoms with Crippen molar-refractivity contribution in [2.75, 3.05) is 18.1 Å². The van der Waals surface area contributed by atoms with Gasteiger partial charge in [-0.05, 0) is 42.5 Å². The summed E-state index contributed by atoms with van der Waals surface area (Å²) in [5.74, 6) is -1.90. The molecule has 8 heteroatoms. The highest BCUT2D eigenvalue weighted by molar-refractivity contribution is 5.96. The molecule has 0 aliphatic carbocycles. The number of halogens is 1. The van der Waals surface area contributed by atoms with Gasteiger partial charge in [0.2, 0.25) is 5.91 Å². The molecule has 2 amide bonds. The topological polar surface area (TPSA) is 103 Å². The minimum Gasteiger partial charge on any atom is -0.465 e. The van der Waals surface area contributed by atoms with Crippen LogP contribution in [0.4, 0.5) is 10.1 Å². The quantitative estimate of drug-likeness (QED) is 0.572. The monoisotopic (exact) mass is 360 g/mol. The molecule has 0 atom stereocenters. The first-order chi connectivity index (χ1) is 12.5. The van der Waals surface area contributed by atoms with Gasteiger partial charge < -0.3 is 19.8 Å². The number of nitrogens with zero attached hydrogens (tertiary/aromatic N) is 1. The van der Waals surface area contributed by atoms with E-state index in [1.165, 1.54) is 41.5 Å². The van der Waals surface area contributed by atoms with E-state index in [0.29, 0.717) is 11.4 Å². The summed E-state index contributed by atoms with van der Waals surface area (Å²) < 4.78 is 23.0. The maximum absolute atomic E-state index is 13.1. The molecule has 0 aliphatic rings. The Bertz CT molecular complexity index is 784. The van der Waals surface area contributed by atoms with Crippen molar-refractivity contribution in [1.82, 2.24) is 0 Å². The molecule has 1 aromatic carbocycles. The Kier molecular flexibility index (Phi) is 6.67. The zero-order valence-corrected chi connectivity index (χ0v) is 13.8. The summed E-state index contributed by atoms with van der Waals surface area (Å²) in [5, 5.41) is 0. The number of nitrogens with two attached hydrogens (primary N) is 1. The lowest BCUT2D eigenvalue weighted by molar-refractivity contribution is -0.143. The summed E-state index contributed by atoms with van der Waals surface area (Å²) in [5.41, 5.74) is 5.47. The average molecular weight is 360 g/mol. The van der Waals surface area contributed by atoms with E-state index in [-0.39, 0.29) is 13.0 Å². The summed E-state index contributed by atoms with van der Waals surface area (Å²) in [7, 11) is 0. The molecular formula is C18H17FN2O5. The van der Waals surface area contributed by atoms with E-state index < -0.39 is 30.2 Å². The normalized spacial score (nSPS) is 10.7. The molecule has 1 heterocycles. The number of benzene rings is 1. The lowest BCUT2D eigenvalue weighted by Gasteiger charge is -2.22. The molecule has 2 aromatic rings. The number of carbonyl (C=O) groups excluding carboxylic acids is 3. The van der Waals surface area contributed by atoms with Gasteiger partial charge in [-0.1, -0.05) is 0 Å². The van der Waals surface area contributed by atoms with Gasteiger partial charge in [-0.2, -0.15) is 0 Å². The highest BCUT2D eigenvalue weighted by atomic mass is 19.1. The Morgan fingerprint density at radius 2 is 1.92 bits per heavy atom. The molecule has 2 N–H and O–H groups in total. The van der Waals surface area contributed by atoms with Crippen molar-refractivity contribution in [2.24, 2.45) is 5.73 Å². The lowest BCUT2D eigenvalue weighted by atomic mass is 10.2. The second kappa shape index (κ2) is 9.16. The predicted molar refractivity (Wildman–Crippen MR) is 91.3 cm³/mol. The molecule has 1 aromatic heterocycles. The Balaban J connectivity index is 1.97. The Morgan fingerprint density at radius 1 is 1.19 bits per heavy atom. The average Bonchev–Trinajstić information content (AvgIpc) is 3.13. The smallest absolute Gasteiger partial charge is 0.331 e. The van der Waals surface area contributed by atoms with Gasteiger partial charge in [0, 0.05) is 24.7 Å². The maximum Gasteiger partial charge on any atom is 0.331 e. The van der Waals surface area contributed by atoms with Crippen molar-refractivity contribution in [3.63, 3.8) is 0 Å². The minimum atomic E-state index is -0.733. The molecule has 0 aliphatic heterocycles. The van der Waals surface area contributed by atoms with Crippen molar-refractivity contribution in [3.05, 3.63) is 60.3 Å². The van der Waals surface area contributed by atoms with Crippen LogP contribution in [0.25, 0.3) is 6.08 Å². The molecule has 7 nitrogen and oxygen atoms in total. The fraction of sp³-hybridized carbons (Fsp3) is 0.167. The number of primary amides is 1. The predicted octanol–water partition coefficient (Wildman–Crippen LogP) is 1.88. The largest absolute Gasteiger partial charge is 0.465 e. The van der Waals surface area contributed by atoms with Crippen LogP contribution >= 0.6 is 0 Å². The van der Waals surface area contributed by atoms with Crippen LogP contribution in [0, 0.1) is 5.82 Å². The van der Waals surface area contributed by atoms with Gasteiger partial charge in [-0.25, -0.2) is 9.18 Å². The van der Waals surface area contributed by atoms with Gasteiger partial charge in [-0.15, -0.1) is 0 Å². The van der Waals surface area contributed by atoms with Crippen molar-refractivity contribution in [3.8, 4) is 0 Å². The highest BCUT2D eigenvalue weighted by Gasteiger charge is 2.18. The number of hydrogen-bond donors (Lipinski definition) is 1. The van der Waals surface area contributed by atoms with Gasteiger partial charge in [0.25, 0.3) is 5.91 Å². The van der Waals surface area contributed by atoms with Crippen molar-refractivity contribution in [2.45, 2.75) is 6.42 Å². The van der Waals surface area contributed by atoms with Crippen LogP contribution in [0.1, 0.15) is 12.2 Å². The number of esters is 1. The molecule has 136 valence electrons. The first-order valence-electron chi connectivity index (χ1n) is 7.68. The van der Waals surface area contributed by atoms with Gasteiger partial charge >= 0.3 is 5.97 Å². The summed E-state index contributed by atoms with van der Waals surface area (Å²) in [6, 6.07) is 8.43. The third-order valence-electron chi connectivity index (χ3n) is 3.29. The second-order valence-corrected chi connectivity index (χ2v) is 5.19. The molecule has 0 fully saturated rings. The van der Waals surface area contributed by atoms with Gasteiger partial charge in [0.05, 0.1) is 6.26 Å². The third-order valence-corrected chi connectivity index (χ3v) is 3.29. The molecule has 0 spiro atoms. The molecule has 0 radical (unpaired) electrons. The number of anilines is 1. The van der Waals surface area contributed by atoms with Gasteiger partial charge in [0.1, 0.15) is 11.6 Å². The summed E-state index contributed by atoms with van der Waals surface area (Å²) in [4.78, 5) is 36.2. The van der Waals surface area contributed by atoms with E-state index in [1.54, 1.807) is 12.1 Å². The van der Waals surface area contributed by atoms with Crippen LogP contribution in [0.2, 0.25) is 0 Å². The van der Waals surface area contributed by atoms with E-state index in [2.05, 4.69) is 0 Å². The summed E-state index contributed by atoms with van der Waals surface area (Å²) in [6.07, 6.45) is 3.89. The Labute approximate surface area is 148 Å². The highest BCUT2D eigenvalue weighted by Crippen LogP contribution is 2.16. The fourth-order valence-corrected chi connectivity index (χ4v) is 2.04. The lowest BCUT2D eigenvalue weighted by Crippen LogP contribution is -2.37. The molecular weight excluding hydrogens is 343 g/mol. The zero-order chi connectivity index (χ0) is 18.9. The summed E-state index contributed by atoms with van der Waals surface area (Å²) >= 11 is 0. The third kappa shape index (κ3) is 5.90. The standard InChI is InChI=1S/C18H17FN2O5/c19-13-3-5-14(6-4-13)21(10-9-16(20)22)17(23)12-26-18(24)8-7-15-2-1-11-25-15/h1-8,11H,9-10,12H2,(H2,20,22)/b8-7+. The fourth-order valence-electron chi connectivity index (χ4n) is 2.04. The van der Waals surface area contributed by atoms with E-state index in [1.807, 2.05) is 0 Å². The molecule has 0 saturated carbocycles. The molecule has 26 heavy (non-hydrogen) atoms. The second-order valence-electron chi connectivity index (χ2n) is 5.19. The maximum atomic E-state index is 13.1. The van der Waals surface area contributed by atoms with Crippen molar-refractivity contribution < 1.29 is 27.9 Å². The number of hydrogen-bond acceptors (Lipinski definition) is 5. The van der Waals surface area contributed by atoms with E-state index in [0.717, 1.165) is 6.08 Å². The van der Waals surface area contributed by atoms with Gasteiger partial charge in [0.15, 0.2) is 6.61 Å². The Morgan fingerprint density at radius 3 is 2.54 bits per heavy atom. The minimum absolute atomic E-state index is 0.0143. The van der Waals surface area contributed by atoms with E-state index in [4.69, 9.17) is 14.9 Å². The molecule has 2 rings (SSSR count). The van der Waals surface area contributed by atoms with Crippen LogP contribution < -0.4 is 10.6 Å². The van der Waals surface area contributed by atoms with Crippen molar-refractivity contribution in [1.29, 1.82) is 0 Å². The van der Waals surface area contributed by atoms with Crippen LogP contribution in [0.15, 0.2) is 53.2 Å². The van der Waals surface area contributed by atoms with Crippen LogP contribution in [-0.4, -0.2) is 30.9 Å². The van der Waals surface area contributed by atoms with Crippen molar-refractivity contribution >= 4 is 29.5 Å². The number of ether oxygens (including phenoxy) is 1.